The van der Waals surface area contributed by atoms with Crippen molar-refractivity contribution in [2.45, 2.75) is 25.5 Å². The zero-order chi connectivity index (χ0) is 13.3. The van der Waals surface area contributed by atoms with Gasteiger partial charge in [0.25, 0.3) is 0 Å². The Hall–Kier alpha value is -1.43. The van der Waals surface area contributed by atoms with Crippen LogP contribution in [0.1, 0.15) is 20.8 Å². The molecule has 0 aliphatic carbocycles. The van der Waals surface area contributed by atoms with E-state index in [1.54, 1.807) is 26.8 Å². The molecule has 0 amide bonds. The molecule has 2 N–H and O–H groups in total. The van der Waals surface area contributed by atoms with Crippen LogP contribution in [0.4, 0.5) is 5.69 Å². The molecule has 17 heavy (non-hydrogen) atoms. The van der Waals surface area contributed by atoms with Crippen molar-refractivity contribution in [3.8, 4) is 11.5 Å². The predicted molar refractivity (Wildman–Crippen MR) is 67.0 cm³/mol. The van der Waals surface area contributed by atoms with Gasteiger partial charge in [-0.1, -0.05) is 0 Å². The van der Waals surface area contributed by atoms with Gasteiger partial charge in [0, 0.05) is 6.07 Å². The fraction of sp³-hybridized carbons (Fsp3) is 0.455. The Morgan fingerprint density at radius 3 is 2.29 bits per heavy atom. The molecular weight excluding hydrogens is 242 g/mol. The monoisotopic (exact) mass is 259 g/mol. The van der Waals surface area contributed by atoms with Crippen LogP contribution in [0.2, 0.25) is 0 Å². The van der Waals surface area contributed by atoms with Gasteiger partial charge in [0.2, 0.25) is 10.0 Å². The van der Waals surface area contributed by atoms with Crippen LogP contribution in [0.3, 0.4) is 0 Å². The minimum absolute atomic E-state index is 0.140. The van der Waals surface area contributed by atoms with Gasteiger partial charge in [-0.2, -0.15) is 0 Å². The van der Waals surface area contributed by atoms with Gasteiger partial charge in [-0.25, -0.2) is 8.42 Å². The molecule has 0 unspecified atom stereocenters. The molecule has 0 bridgehead atoms. The van der Waals surface area contributed by atoms with Gasteiger partial charge < -0.3 is 9.84 Å². The van der Waals surface area contributed by atoms with E-state index in [4.69, 9.17) is 4.74 Å². The third-order valence-corrected chi connectivity index (χ3v) is 4.36. The fourth-order valence-electron chi connectivity index (χ4n) is 1.02. The highest BCUT2D eigenvalue weighted by Gasteiger charge is 2.29. The Morgan fingerprint density at radius 2 is 1.88 bits per heavy atom. The Bertz CT molecular complexity index is 503. The second-order valence-corrected chi connectivity index (χ2v) is 7.04. The molecule has 1 aromatic rings. The van der Waals surface area contributed by atoms with Crippen molar-refractivity contribution >= 4 is 15.7 Å². The lowest BCUT2D eigenvalue weighted by Crippen LogP contribution is -2.33. The number of phenols is 1. The van der Waals surface area contributed by atoms with Crippen molar-refractivity contribution < 1.29 is 18.3 Å². The summed E-state index contributed by atoms with van der Waals surface area (Å²) in [7, 11) is -2.08. The number of benzene rings is 1. The van der Waals surface area contributed by atoms with E-state index in [-0.39, 0.29) is 11.4 Å². The summed E-state index contributed by atoms with van der Waals surface area (Å²) < 4.78 is 30.1. The second-order valence-electron chi connectivity index (χ2n) is 4.60. The Morgan fingerprint density at radius 1 is 1.29 bits per heavy atom. The fourth-order valence-corrected chi connectivity index (χ4v) is 1.79. The maximum atomic E-state index is 11.9. The van der Waals surface area contributed by atoms with Gasteiger partial charge in [-0.3, -0.25) is 4.72 Å². The van der Waals surface area contributed by atoms with Crippen molar-refractivity contribution in [3.05, 3.63) is 18.2 Å². The zero-order valence-corrected chi connectivity index (χ0v) is 11.1. The van der Waals surface area contributed by atoms with Gasteiger partial charge >= 0.3 is 0 Å². The second kappa shape index (κ2) is 4.44. The molecule has 6 heteroatoms. The standard InChI is InChI=1S/C11H17NO4S/c1-11(2,3)17(14,15)12-9-6-5-8(16-4)7-10(9)13/h5-7,12-13H,1-4H3. The maximum absolute atomic E-state index is 11.9. The molecular formula is C11H17NO4S. The van der Waals surface area contributed by atoms with E-state index in [1.165, 1.54) is 19.2 Å². The lowest BCUT2D eigenvalue weighted by atomic mass is 10.3. The minimum atomic E-state index is -3.54. The van der Waals surface area contributed by atoms with Crippen molar-refractivity contribution in [3.63, 3.8) is 0 Å². The first kappa shape index (κ1) is 13.6. The van der Waals surface area contributed by atoms with Gasteiger partial charge in [-0.15, -0.1) is 0 Å². The number of nitrogens with one attached hydrogen (secondary N) is 1. The first-order valence-electron chi connectivity index (χ1n) is 5.07. The Kier molecular flexibility index (Phi) is 3.56. The predicted octanol–water partition coefficient (Wildman–Crippen LogP) is 1.94. The third kappa shape index (κ3) is 3.03. The molecule has 0 aliphatic rings. The van der Waals surface area contributed by atoms with Gasteiger partial charge in [-0.05, 0) is 32.9 Å². The molecule has 0 atom stereocenters. The maximum Gasteiger partial charge on any atom is 0.237 e. The van der Waals surface area contributed by atoms with Gasteiger partial charge in [0.1, 0.15) is 11.5 Å². The zero-order valence-electron chi connectivity index (χ0n) is 10.3. The van der Waals surface area contributed by atoms with E-state index in [0.29, 0.717) is 5.75 Å². The molecule has 0 fully saturated rings. The highest BCUT2D eigenvalue weighted by atomic mass is 32.2. The van der Waals surface area contributed by atoms with Crippen LogP contribution in [0.5, 0.6) is 11.5 Å². The molecule has 5 nitrogen and oxygen atoms in total. The number of hydrogen-bond donors (Lipinski definition) is 2. The van der Waals surface area contributed by atoms with Crippen molar-refractivity contribution in [2.75, 3.05) is 11.8 Å². The first-order valence-corrected chi connectivity index (χ1v) is 6.55. The lowest BCUT2D eigenvalue weighted by molar-refractivity contribution is 0.408. The summed E-state index contributed by atoms with van der Waals surface area (Å²) in [6.45, 7) is 4.74. The number of anilines is 1. The molecule has 0 saturated carbocycles. The SMILES string of the molecule is COc1ccc(NS(=O)(=O)C(C)(C)C)c(O)c1. The lowest BCUT2D eigenvalue weighted by Gasteiger charge is -2.20. The summed E-state index contributed by atoms with van der Waals surface area (Å²) in [6, 6.07) is 4.37. The quantitative estimate of drug-likeness (QED) is 0.813. The van der Waals surface area contributed by atoms with E-state index in [2.05, 4.69) is 4.72 Å². The van der Waals surface area contributed by atoms with E-state index in [1.807, 2.05) is 0 Å². The molecule has 1 aromatic carbocycles. The van der Waals surface area contributed by atoms with E-state index in [9.17, 15) is 13.5 Å². The summed E-state index contributed by atoms with van der Waals surface area (Å²) in [6.07, 6.45) is 0. The molecule has 0 spiro atoms. The number of methoxy groups -OCH3 is 1. The van der Waals surface area contributed by atoms with Crippen molar-refractivity contribution in [1.82, 2.24) is 0 Å². The minimum Gasteiger partial charge on any atom is -0.506 e. The Labute approximate surface area is 101 Å². The highest BCUT2D eigenvalue weighted by molar-refractivity contribution is 7.94. The van der Waals surface area contributed by atoms with E-state index < -0.39 is 14.8 Å². The van der Waals surface area contributed by atoms with Crippen LogP contribution in [0.15, 0.2) is 18.2 Å². The molecule has 0 radical (unpaired) electrons. The molecule has 0 saturated heterocycles. The van der Waals surface area contributed by atoms with Crippen molar-refractivity contribution in [2.24, 2.45) is 0 Å². The van der Waals surface area contributed by atoms with Gasteiger partial charge in [0.15, 0.2) is 0 Å². The molecule has 96 valence electrons. The smallest absolute Gasteiger partial charge is 0.237 e. The molecule has 1 rings (SSSR count). The largest absolute Gasteiger partial charge is 0.506 e. The number of hydrogen-bond acceptors (Lipinski definition) is 4. The number of phenolic OH excluding ortho intramolecular Hbond substituents is 1. The summed E-state index contributed by atoms with van der Waals surface area (Å²) >= 11 is 0. The van der Waals surface area contributed by atoms with Crippen LogP contribution in [0, 0.1) is 0 Å². The molecule has 0 aliphatic heterocycles. The Balaban J connectivity index is 3.05. The number of aromatic hydroxyl groups is 1. The van der Waals surface area contributed by atoms with Crippen LogP contribution in [-0.4, -0.2) is 25.4 Å². The van der Waals surface area contributed by atoms with Crippen LogP contribution in [-0.2, 0) is 10.0 Å². The summed E-state index contributed by atoms with van der Waals surface area (Å²) in [5.41, 5.74) is 0.140. The first-order chi connectivity index (χ1) is 7.67. The van der Waals surface area contributed by atoms with E-state index in [0.717, 1.165) is 0 Å². The summed E-state index contributed by atoms with van der Waals surface area (Å²) in [5, 5.41) is 9.64. The topological polar surface area (TPSA) is 75.6 Å². The van der Waals surface area contributed by atoms with Crippen LogP contribution in [0.25, 0.3) is 0 Å². The molecule has 0 aromatic heterocycles. The number of rotatable bonds is 3. The average Bonchev–Trinajstić information content (AvgIpc) is 2.19. The average molecular weight is 259 g/mol. The van der Waals surface area contributed by atoms with Gasteiger partial charge in [0.05, 0.1) is 17.5 Å². The molecule has 0 heterocycles. The summed E-state index contributed by atoms with van der Waals surface area (Å²) in [4.78, 5) is 0. The number of sulfonamides is 1. The third-order valence-electron chi connectivity index (χ3n) is 2.26. The normalized spacial score (nSPS) is 12.2. The van der Waals surface area contributed by atoms with Crippen molar-refractivity contribution in [1.29, 1.82) is 0 Å². The number of ether oxygens (including phenoxy) is 1. The highest BCUT2D eigenvalue weighted by Crippen LogP contribution is 2.30. The van der Waals surface area contributed by atoms with Crippen LogP contribution < -0.4 is 9.46 Å². The summed E-state index contributed by atoms with van der Waals surface area (Å²) in [5.74, 6) is 0.290. The van der Waals surface area contributed by atoms with Crippen LogP contribution >= 0.6 is 0 Å². The van der Waals surface area contributed by atoms with E-state index >= 15 is 0 Å².